The Hall–Kier alpha value is -0.610. The van der Waals surface area contributed by atoms with E-state index < -0.39 is 0 Å². The maximum Gasteiger partial charge on any atom is 0.250 e. The molecule has 16 heavy (non-hydrogen) atoms. The average Bonchev–Trinajstić information content (AvgIpc) is 2.83. The molecule has 2 fully saturated rings. The van der Waals surface area contributed by atoms with Crippen molar-refractivity contribution >= 4 is 5.91 Å². The van der Waals surface area contributed by atoms with Crippen LogP contribution in [0.3, 0.4) is 0 Å². The molecular formula is C12H22N2O2. The number of nitrogens with one attached hydrogen (secondary N) is 2. The van der Waals surface area contributed by atoms with Crippen LogP contribution in [-0.2, 0) is 9.53 Å². The van der Waals surface area contributed by atoms with Crippen LogP contribution >= 0.6 is 0 Å². The van der Waals surface area contributed by atoms with Gasteiger partial charge in [-0.05, 0) is 25.7 Å². The van der Waals surface area contributed by atoms with Crippen LogP contribution in [0.2, 0.25) is 0 Å². The van der Waals surface area contributed by atoms with Crippen molar-refractivity contribution in [3.05, 3.63) is 0 Å². The van der Waals surface area contributed by atoms with E-state index in [0.29, 0.717) is 25.1 Å². The highest BCUT2D eigenvalue weighted by atomic mass is 16.5. The summed E-state index contributed by atoms with van der Waals surface area (Å²) >= 11 is 0. The Bertz CT molecular complexity index is 233. The summed E-state index contributed by atoms with van der Waals surface area (Å²) in [5, 5.41) is 6.26. The van der Waals surface area contributed by atoms with Gasteiger partial charge in [-0.15, -0.1) is 0 Å². The second-order valence-electron chi connectivity index (χ2n) is 4.91. The summed E-state index contributed by atoms with van der Waals surface area (Å²) < 4.78 is 5.43. The molecule has 2 aliphatic rings. The number of carbonyl (C=O) groups is 1. The van der Waals surface area contributed by atoms with Gasteiger partial charge in [0.2, 0.25) is 0 Å². The molecule has 1 amide bonds. The topological polar surface area (TPSA) is 50.4 Å². The molecule has 2 N–H and O–H groups in total. The zero-order valence-electron chi connectivity index (χ0n) is 10.00. The van der Waals surface area contributed by atoms with Crippen molar-refractivity contribution in [2.45, 2.75) is 44.8 Å². The van der Waals surface area contributed by atoms with E-state index in [1.54, 1.807) is 0 Å². The smallest absolute Gasteiger partial charge is 0.250 e. The van der Waals surface area contributed by atoms with Gasteiger partial charge in [0.1, 0.15) is 6.10 Å². The van der Waals surface area contributed by atoms with Gasteiger partial charge in [-0.1, -0.05) is 12.8 Å². The van der Waals surface area contributed by atoms with E-state index in [1.165, 1.54) is 25.7 Å². The quantitative estimate of drug-likeness (QED) is 0.743. The summed E-state index contributed by atoms with van der Waals surface area (Å²) in [6.45, 7) is 4.24. The minimum atomic E-state index is -0.294. The Morgan fingerprint density at radius 1 is 1.44 bits per heavy atom. The molecular weight excluding hydrogens is 204 g/mol. The molecule has 0 bridgehead atoms. The van der Waals surface area contributed by atoms with Crippen LogP contribution in [0.4, 0.5) is 0 Å². The van der Waals surface area contributed by atoms with E-state index in [2.05, 4.69) is 17.6 Å². The normalized spacial score (nSPS) is 28.9. The fourth-order valence-corrected chi connectivity index (χ4v) is 2.63. The Morgan fingerprint density at radius 3 is 2.81 bits per heavy atom. The summed E-state index contributed by atoms with van der Waals surface area (Å²) in [5.74, 6) is 0.715. The summed E-state index contributed by atoms with van der Waals surface area (Å²) in [6, 6.07) is 0.292. The third-order valence-corrected chi connectivity index (χ3v) is 3.70. The van der Waals surface area contributed by atoms with Gasteiger partial charge in [-0.3, -0.25) is 4.79 Å². The number of ether oxygens (including phenoxy) is 1. The zero-order valence-corrected chi connectivity index (χ0v) is 10.00. The standard InChI is InChI=1S/C12H22N2O2/c1-9(10-4-2-3-5-10)14-12(15)11-8-13-6-7-16-11/h9-11,13H,2-8H2,1H3,(H,14,15). The van der Waals surface area contributed by atoms with Gasteiger partial charge in [-0.2, -0.15) is 0 Å². The van der Waals surface area contributed by atoms with E-state index in [-0.39, 0.29) is 12.0 Å². The van der Waals surface area contributed by atoms with Gasteiger partial charge < -0.3 is 15.4 Å². The molecule has 0 aromatic rings. The molecule has 92 valence electrons. The van der Waals surface area contributed by atoms with Crippen LogP contribution in [0.5, 0.6) is 0 Å². The van der Waals surface area contributed by atoms with Crippen LogP contribution in [0.1, 0.15) is 32.6 Å². The molecule has 0 aromatic carbocycles. The number of hydrogen-bond donors (Lipinski definition) is 2. The van der Waals surface area contributed by atoms with E-state index in [1.807, 2.05) is 0 Å². The zero-order chi connectivity index (χ0) is 11.4. The number of hydrogen-bond acceptors (Lipinski definition) is 3. The highest BCUT2D eigenvalue weighted by molar-refractivity contribution is 5.81. The van der Waals surface area contributed by atoms with Crippen LogP contribution in [-0.4, -0.2) is 37.7 Å². The van der Waals surface area contributed by atoms with E-state index >= 15 is 0 Å². The van der Waals surface area contributed by atoms with Crippen LogP contribution < -0.4 is 10.6 Å². The Labute approximate surface area is 97.1 Å². The van der Waals surface area contributed by atoms with Crippen molar-refractivity contribution in [1.29, 1.82) is 0 Å². The van der Waals surface area contributed by atoms with Crippen LogP contribution in [0, 0.1) is 5.92 Å². The van der Waals surface area contributed by atoms with E-state index in [4.69, 9.17) is 4.74 Å². The summed E-state index contributed by atoms with van der Waals surface area (Å²) in [5.41, 5.74) is 0. The van der Waals surface area contributed by atoms with E-state index in [9.17, 15) is 4.79 Å². The SMILES string of the molecule is CC(NC(=O)C1CNCCO1)C1CCCC1. The lowest BCUT2D eigenvalue weighted by molar-refractivity contribution is -0.135. The summed E-state index contributed by atoms with van der Waals surface area (Å²) in [4.78, 5) is 11.9. The molecule has 4 heteroatoms. The monoisotopic (exact) mass is 226 g/mol. The minimum Gasteiger partial charge on any atom is -0.366 e. The first-order valence-electron chi connectivity index (χ1n) is 6.40. The van der Waals surface area contributed by atoms with Gasteiger partial charge in [0.25, 0.3) is 5.91 Å². The maximum atomic E-state index is 11.9. The summed E-state index contributed by atoms with van der Waals surface area (Å²) in [7, 11) is 0. The third kappa shape index (κ3) is 2.95. The van der Waals surface area contributed by atoms with Gasteiger partial charge >= 0.3 is 0 Å². The lowest BCUT2D eigenvalue weighted by atomic mass is 9.99. The molecule has 0 spiro atoms. The maximum absolute atomic E-state index is 11.9. The van der Waals surface area contributed by atoms with Gasteiger partial charge in [0.15, 0.2) is 0 Å². The molecule has 2 unspecified atom stereocenters. The molecule has 1 saturated heterocycles. The molecule has 1 aliphatic carbocycles. The first-order chi connectivity index (χ1) is 7.77. The van der Waals surface area contributed by atoms with E-state index in [0.717, 1.165) is 6.54 Å². The van der Waals surface area contributed by atoms with Crippen molar-refractivity contribution in [1.82, 2.24) is 10.6 Å². The van der Waals surface area contributed by atoms with Crippen LogP contribution in [0.25, 0.3) is 0 Å². The largest absolute Gasteiger partial charge is 0.366 e. The molecule has 4 nitrogen and oxygen atoms in total. The highest BCUT2D eigenvalue weighted by Crippen LogP contribution is 2.27. The second kappa shape index (κ2) is 5.64. The fraction of sp³-hybridized carbons (Fsp3) is 0.917. The molecule has 2 atom stereocenters. The summed E-state index contributed by atoms with van der Waals surface area (Å²) in [6.07, 6.45) is 4.84. The second-order valence-corrected chi connectivity index (χ2v) is 4.91. The van der Waals surface area contributed by atoms with Crippen molar-refractivity contribution < 1.29 is 9.53 Å². The van der Waals surface area contributed by atoms with Crippen molar-refractivity contribution in [3.63, 3.8) is 0 Å². The highest BCUT2D eigenvalue weighted by Gasteiger charge is 2.27. The lowest BCUT2D eigenvalue weighted by Gasteiger charge is -2.26. The van der Waals surface area contributed by atoms with Crippen molar-refractivity contribution in [2.24, 2.45) is 5.92 Å². The first kappa shape index (κ1) is 11.9. The van der Waals surface area contributed by atoms with Gasteiger partial charge in [-0.25, -0.2) is 0 Å². The number of morpholine rings is 1. The predicted octanol–water partition coefficient (Wildman–Crippen LogP) is 0.670. The molecule has 1 heterocycles. The average molecular weight is 226 g/mol. The Morgan fingerprint density at radius 2 is 2.19 bits per heavy atom. The third-order valence-electron chi connectivity index (χ3n) is 3.70. The Balaban J connectivity index is 1.76. The van der Waals surface area contributed by atoms with Gasteiger partial charge in [0, 0.05) is 19.1 Å². The molecule has 0 aromatic heterocycles. The molecule has 0 radical (unpaired) electrons. The Kier molecular flexibility index (Phi) is 4.18. The molecule has 2 rings (SSSR count). The van der Waals surface area contributed by atoms with Crippen molar-refractivity contribution in [2.75, 3.05) is 19.7 Å². The predicted molar refractivity (Wildman–Crippen MR) is 62.2 cm³/mol. The number of carbonyl (C=O) groups excluding carboxylic acids is 1. The minimum absolute atomic E-state index is 0.0478. The first-order valence-corrected chi connectivity index (χ1v) is 6.40. The lowest BCUT2D eigenvalue weighted by Crippen LogP contribution is -2.50. The number of rotatable bonds is 3. The van der Waals surface area contributed by atoms with Crippen LogP contribution in [0.15, 0.2) is 0 Å². The fourth-order valence-electron chi connectivity index (χ4n) is 2.63. The van der Waals surface area contributed by atoms with Gasteiger partial charge in [0.05, 0.1) is 6.61 Å². The molecule has 1 saturated carbocycles. The molecule has 1 aliphatic heterocycles. The number of amides is 1. The van der Waals surface area contributed by atoms with Crippen molar-refractivity contribution in [3.8, 4) is 0 Å².